The number of benzene rings is 2. The molecular weight excluding hydrogens is 396 g/mol. The Morgan fingerprint density at radius 2 is 1.62 bits per heavy atom. The van der Waals surface area contributed by atoms with Crippen molar-refractivity contribution in [3.8, 4) is 5.75 Å². The number of ether oxygens (including phenoxy) is 1. The van der Waals surface area contributed by atoms with E-state index in [2.05, 4.69) is 21.2 Å². The zero-order valence-corrected chi connectivity index (χ0v) is 17.0. The molecule has 5 nitrogen and oxygen atoms in total. The maximum absolute atomic E-state index is 12.3. The maximum atomic E-state index is 12.3. The quantitative estimate of drug-likeness (QED) is 0.778. The minimum atomic E-state index is -0.449. The molecule has 1 N–H and O–H groups in total. The smallest absolute Gasteiger partial charge is 0.262 e. The van der Waals surface area contributed by atoms with E-state index in [-0.39, 0.29) is 18.4 Å². The van der Waals surface area contributed by atoms with Crippen LogP contribution in [0.2, 0.25) is 0 Å². The molecule has 0 aliphatic heterocycles. The molecule has 0 aliphatic carbocycles. The van der Waals surface area contributed by atoms with Gasteiger partial charge in [0, 0.05) is 28.3 Å². The van der Waals surface area contributed by atoms with E-state index in [4.69, 9.17) is 4.74 Å². The van der Waals surface area contributed by atoms with Crippen LogP contribution in [0.3, 0.4) is 0 Å². The molecule has 2 aromatic rings. The molecule has 0 saturated heterocycles. The second-order valence-electron chi connectivity index (χ2n) is 6.95. The third-order valence-corrected chi connectivity index (χ3v) is 4.20. The summed E-state index contributed by atoms with van der Waals surface area (Å²) in [5, 5.41) is 2.76. The number of hydrogen-bond acceptors (Lipinski definition) is 3. The molecule has 0 saturated carbocycles. The van der Waals surface area contributed by atoms with Gasteiger partial charge in [0.2, 0.25) is 5.91 Å². The number of halogens is 1. The molecule has 0 atom stereocenters. The van der Waals surface area contributed by atoms with E-state index in [0.29, 0.717) is 11.4 Å². The second kappa shape index (κ2) is 8.36. The molecule has 0 radical (unpaired) electrons. The molecular formula is C20H23BrN2O3. The van der Waals surface area contributed by atoms with E-state index in [1.807, 2.05) is 32.9 Å². The van der Waals surface area contributed by atoms with E-state index in [1.54, 1.807) is 48.3 Å². The fourth-order valence-corrected chi connectivity index (χ4v) is 2.53. The summed E-state index contributed by atoms with van der Waals surface area (Å²) in [4.78, 5) is 25.9. The van der Waals surface area contributed by atoms with E-state index < -0.39 is 5.41 Å². The number of carbonyl (C=O) groups is 2. The number of carbonyl (C=O) groups excluding carboxylic acids is 2. The summed E-state index contributed by atoms with van der Waals surface area (Å²) < 4.78 is 6.45. The Kier molecular flexibility index (Phi) is 6.42. The summed E-state index contributed by atoms with van der Waals surface area (Å²) in [5.74, 6) is 0.354. The van der Waals surface area contributed by atoms with Gasteiger partial charge >= 0.3 is 0 Å². The van der Waals surface area contributed by atoms with Crippen LogP contribution in [0.5, 0.6) is 5.75 Å². The summed E-state index contributed by atoms with van der Waals surface area (Å²) >= 11 is 3.35. The second-order valence-corrected chi connectivity index (χ2v) is 7.87. The standard InChI is InChI=1S/C20H23BrN2O3/c1-20(2,3)19(25)23(4)16-9-11-17(12-10-16)26-13-18(24)22-15-7-5-14(21)6-8-15/h5-12H,13H2,1-4H3,(H,22,24). The Bertz CT molecular complexity index is 765. The number of nitrogens with one attached hydrogen (secondary N) is 1. The van der Waals surface area contributed by atoms with Crippen molar-refractivity contribution in [1.29, 1.82) is 0 Å². The Morgan fingerprint density at radius 1 is 1.04 bits per heavy atom. The molecule has 2 rings (SSSR count). The molecule has 2 aromatic carbocycles. The van der Waals surface area contributed by atoms with E-state index in [9.17, 15) is 9.59 Å². The molecule has 0 aliphatic rings. The zero-order valence-electron chi connectivity index (χ0n) is 15.4. The van der Waals surface area contributed by atoms with Gasteiger partial charge in [-0.3, -0.25) is 9.59 Å². The van der Waals surface area contributed by atoms with Crippen molar-refractivity contribution in [3.05, 3.63) is 53.0 Å². The van der Waals surface area contributed by atoms with Crippen molar-refractivity contribution in [2.24, 2.45) is 5.41 Å². The highest BCUT2D eigenvalue weighted by Gasteiger charge is 2.25. The van der Waals surface area contributed by atoms with Crippen LogP contribution >= 0.6 is 15.9 Å². The largest absolute Gasteiger partial charge is 0.484 e. The first-order chi connectivity index (χ1) is 12.2. The van der Waals surface area contributed by atoms with Gasteiger partial charge < -0.3 is 15.0 Å². The van der Waals surface area contributed by atoms with Gasteiger partial charge in [0.25, 0.3) is 5.91 Å². The molecule has 0 heterocycles. The topological polar surface area (TPSA) is 58.6 Å². The highest BCUT2D eigenvalue weighted by molar-refractivity contribution is 9.10. The van der Waals surface area contributed by atoms with Crippen LogP contribution in [0.15, 0.2) is 53.0 Å². The van der Waals surface area contributed by atoms with Gasteiger partial charge in [-0.2, -0.15) is 0 Å². The average molecular weight is 419 g/mol. The molecule has 138 valence electrons. The van der Waals surface area contributed by atoms with Gasteiger partial charge in [-0.1, -0.05) is 36.7 Å². The predicted molar refractivity (Wildman–Crippen MR) is 108 cm³/mol. The number of rotatable bonds is 5. The fraction of sp³-hybridized carbons (Fsp3) is 0.300. The third kappa shape index (κ3) is 5.59. The summed E-state index contributed by atoms with van der Waals surface area (Å²) in [6.07, 6.45) is 0. The van der Waals surface area contributed by atoms with Crippen LogP contribution in [-0.4, -0.2) is 25.5 Å². The number of amides is 2. The van der Waals surface area contributed by atoms with Crippen molar-refractivity contribution in [2.75, 3.05) is 23.9 Å². The van der Waals surface area contributed by atoms with Crippen LogP contribution in [0.25, 0.3) is 0 Å². The third-order valence-electron chi connectivity index (χ3n) is 3.67. The van der Waals surface area contributed by atoms with Crippen molar-refractivity contribution in [1.82, 2.24) is 0 Å². The minimum absolute atomic E-state index is 0.0278. The first-order valence-electron chi connectivity index (χ1n) is 8.23. The zero-order chi connectivity index (χ0) is 19.3. The van der Waals surface area contributed by atoms with Crippen LogP contribution in [0.1, 0.15) is 20.8 Å². The number of hydrogen-bond donors (Lipinski definition) is 1. The number of anilines is 2. The molecule has 0 bridgehead atoms. The van der Waals surface area contributed by atoms with Crippen molar-refractivity contribution in [3.63, 3.8) is 0 Å². The molecule has 0 unspecified atom stereocenters. The summed E-state index contributed by atoms with van der Waals surface area (Å²) in [6, 6.07) is 14.4. The first kappa shape index (κ1) is 20.0. The van der Waals surface area contributed by atoms with E-state index in [1.165, 1.54) is 0 Å². The van der Waals surface area contributed by atoms with Crippen LogP contribution in [0, 0.1) is 5.41 Å². The van der Waals surface area contributed by atoms with Gasteiger partial charge in [-0.15, -0.1) is 0 Å². The van der Waals surface area contributed by atoms with E-state index >= 15 is 0 Å². The lowest BCUT2D eigenvalue weighted by Crippen LogP contribution is -2.36. The van der Waals surface area contributed by atoms with Crippen molar-refractivity contribution >= 4 is 39.1 Å². The summed E-state index contributed by atoms with van der Waals surface area (Å²) in [5.41, 5.74) is 1.03. The normalized spacial score (nSPS) is 11.0. The highest BCUT2D eigenvalue weighted by atomic mass is 79.9. The maximum Gasteiger partial charge on any atom is 0.262 e. The number of nitrogens with zero attached hydrogens (tertiary/aromatic N) is 1. The summed E-state index contributed by atoms with van der Waals surface area (Å²) in [6.45, 7) is 5.56. The molecule has 0 fully saturated rings. The van der Waals surface area contributed by atoms with E-state index in [0.717, 1.165) is 10.2 Å². The minimum Gasteiger partial charge on any atom is -0.484 e. The lowest BCUT2D eigenvalue weighted by atomic mass is 9.95. The van der Waals surface area contributed by atoms with Gasteiger partial charge in [-0.25, -0.2) is 0 Å². The monoisotopic (exact) mass is 418 g/mol. The van der Waals surface area contributed by atoms with Gasteiger partial charge in [0.1, 0.15) is 5.75 Å². The Hall–Kier alpha value is -2.34. The molecule has 0 spiro atoms. The molecule has 0 aromatic heterocycles. The van der Waals surface area contributed by atoms with Crippen LogP contribution in [-0.2, 0) is 9.59 Å². The van der Waals surface area contributed by atoms with Gasteiger partial charge in [0.05, 0.1) is 0 Å². The first-order valence-corrected chi connectivity index (χ1v) is 9.02. The highest BCUT2D eigenvalue weighted by Crippen LogP contribution is 2.24. The van der Waals surface area contributed by atoms with Crippen LogP contribution < -0.4 is 15.0 Å². The Labute approximate surface area is 162 Å². The SMILES string of the molecule is CN(C(=O)C(C)(C)C)c1ccc(OCC(=O)Nc2ccc(Br)cc2)cc1. The van der Waals surface area contributed by atoms with Gasteiger partial charge in [0.15, 0.2) is 6.61 Å². The lowest BCUT2D eigenvalue weighted by molar-refractivity contribution is -0.125. The molecule has 2 amide bonds. The van der Waals surface area contributed by atoms with Crippen molar-refractivity contribution in [2.45, 2.75) is 20.8 Å². The fourth-order valence-electron chi connectivity index (χ4n) is 2.27. The lowest BCUT2D eigenvalue weighted by Gasteiger charge is -2.26. The Balaban J connectivity index is 1.89. The van der Waals surface area contributed by atoms with Crippen molar-refractivity contribution < 1.29 is 14.3 Å². The van der Waals surface area contributed by atoms with Crippen LogP contribution in [0.4, 0.5) is 11.4 Å². The molecule has 26 heavy (non-hydrogen) atoms. The van der Waals surface area contributed by atoms with Gasteiger partial charge in [-0.05, 0) is 48.5 Å². The summed E-state index contributed by atoms with van der Waals surface area (Å²) in [7, 11) is 1.75. The molecule has 6 heteroatoms. The average Bonchev–Trinajstić information content (AvgIpc) is 2.60. The Morgan fingerprint density at radius 3 is 2.15 bits per heavy atom. The predicted octanol–water partition coefficient (Wildman–Crippen LogP) is 4.48.